The van der Waals surface area contributed by atoms with Crippen molar-refractivity contribution in [2.75, 3.05) is 18.4 Å². The maximum Gasteiger partial charge on any atom is 0.228 e. The van der Waals surface area contributed by atoms with E-state index in [1.54, 1.807) is 0 Å². The number of benzene rings is 2. The van der Waals surface area contributed by atoms with Crippen LogP contribution in [0.25, 0.3) is 0 Å². The number of carbonyl (C=O) groups is 1. The molecule has 0 bridgehead atoms. The van der Waals surface area contributed by atoms with E-state index in [1.807, 2.05) is 0 Å². The number of amides is 1. The van der Waals surface area contributed by atoms with Crippen molar-refractivity contribution in [1.29, 1.82) is 0 Å². The Morgan fingerprint density at radius 2 is 1.85 bits per heavy atom. The highest BCUT2D eigenvalue weighted by molar-refractivity contribution is 5.94. The van der Waals surface area contributed by atoms with Gasteiger partial charge in [0.1, 0.15) is 0 Å². The normalized spacial score (nSPS) is 17.9. The minimum atomic E-state index is 0.0578. The first kappa shape index (κ1) is 19.6. The average Bonchev–Trinajstić information content (AvgIpc) is 2.65. The highest BCUT2D eigenvalue weighted by atomic mass is 16.1. The molecule has 0 aromatic heterocycles. The van der Waals surface area contributed by atoms with Crippen LogP contribution in [0.15, 0.2) is 42.5 Å². The van der Waals surface area contributed by atoms with Crippen LogP contribution in [0.1, 0.15) is 54.9 Å². The van der Waals surface area contributed by atoms with Crippen molar-refractivity contribution in [2.45, 2.75) is 53.0 Å². The number of aryl methyl sites for hydroxylation is 2. The first-order valence-electron chi connectivity index (χ1n) is 10.1. The number of hydrogen-bond acceptors (Lipinski definition) is 2. The van der Waals surface area contributed by atoms with E-state index in [4.69, 9.17) is 0 Å². The zero-order valence-corrected chi connectivity index (χ0v) is 17.1. The summed E-state index contributed by atoms with van der Waals surface area (Å²) in [6, 6.07) is 14.8. The molecule has 0 spiro atoms. The quantitative estimate of drug-likeness (QED) is 0.783. The lowest BCUT2D eigenvalue weighted by Gasteiger charge is -2.32. The second-order valence-electron chi connectivity index (χ2n) is 8.18. The third kappa shape index (κ3) is 4.78. The lowest BCUT2D eigenvalue weighted by atomic mass is 9.94. The number of piperidine rings is 1. The van der Waals surface area contributed by atoms with E-state index in [0.717, 1.165) is 43.7 Å². The smallest absolute Gasteiger partial charge is 0.228 e. The van der Waals surface area contributed by atoms with Gasteiger partial charge >= 0.3 is 0 Å². The summed E-state index contributed by atoms with van der Waals surface area (Å²) in [6.45, 7) is 11.4. The van der Waals surface area contributed by atoms with Crippen molar-refractivity contribution in [3.05, 3.63) is 64.7 Å². The van der Waals surface area contributed by atoms with Gasteiger partial charge in [0.2, 0.25) is 5.91 Å². The molecule has 0 aliphatic carbocycles. The molecule has 3 nitrogen and oxygen atoms in total. The zero-order chi connectivity index (χ0) is 19.4. The fourth-order valence-electron chi connectivity index (χ4n) is 4.01. The van der Waals surface area contributed by atoms with Crippen LogP contribution in [-0.2, 0) is 11.3 Å². The van der Waals surface area contributed by atoms with Crippen molar-refractivity contribution in [2.24, 2.45) is 5.92 Å². The highest BCUT2D eigenvalue weighted by Crippen LogP contribution is 2.29. The van der Waals surface area contributed by atoms with Crippen LogP contribution in [0.2, 0.25) is 0 Å². The minimum absolute atomic E-state index is 0.0578. The number of likely N-dealkylation sites (tertiary alicyclic amines) is 1. The lowest BCUT2D eigenvalue weighted by Crippen LogP contribution is -2.40. The van der Waals surface area contributed by atoms with E-state index in [9.17, 15) is 4.79 Å². The Balaban J connectivity index is 1.68. The van der Waals surface area contributed by atoms with E-state index < -0.39 is 0 Å². The summed E-state index contributed by atoms with van der Waals surface area (Å²) in [5, 5.41) is 3.26. The SMILES string of the molecule is Cc1ccccc1CN1CCCC(C(=O)Nc2c(C)cccc2C(C)C)C1. The summed E-state index contributed by atoms with van der Waals surface area (Å²) in [4.78, 5) is 15.4. The van der Waals surface area contributed by atoms with Gasteiger partial charge < -0.3 is 5.32 Å². The summed E-state index contributed by atoms with van der Waals surface area (Å²) in [7, 11) is 0. The molecule has 1 aliphatic heterocycles. The molecule has 3 heteroatoms. The van der Waals surface area contributed by atoms with Crippen LogP contribution in [-0.4, -0.2) is 23.9 Å². The second kappa shape index (κ2) is 8.71. The number of rotatable bonds is 5. The Labute approximate surface area is 163 Å². The molecule has 27 heavy (non-hydrogen) atoms. The van der Waals surface area contributed by atoms with E-state index in [1.165, 1.54) is 16.7 Å². The number of nitrogens with zero attached hydrogens (tertiary/aromatic N) is 1. The van der Waals surface area contributed by atoms with Gasteiger partial charge in [-0.25, -0.2) is 0 Å². The van der Waals surface area contributed by atoms with Crippen LogP contribution in [0.3, 0.4) is 0 Å². The van der Waals surface area contributed by atoms with Gasteiger partial charge in [-0.15, -0.1) is 0 Å². The summed E-state index contributed by atoms with van der Waals surface area (Å²) in [6.07, 6.45) is 2.05. The fraction of sp³-hybridized carbons (Fsp3) is 0.458. The number of nitrogens with one attached hydrogen (secondary N) is 1. The monoisotopic (exact) mass is 364 g/mol. The average molecular weight is 365 g/mol. The van der Waals surface area contributed by atoms with Gasteiger partial charge in [0.25, 0.3) is 0 Å². The van der Waals surface area contributed by atoms with Crippen molar-refractivity contribution < 1.29 is 4.79 Å². The summed E-state index contributed by atoms with van der Waals surface area (Å²) < 4.78 is 0. The number of hydrogen-bond donors (Lipinski definition) is 1. The van der Waals surface area contributed by atoms with Crippen LogP contribution in [0.4, 0.5) is 5.69 Å². The molecular formula is C24H32N2O. The second-order valence-corrected chi connectivity index (χ2v) is 8.18. The molecule has 1 unspecified atom stereocenters. The van der Waals surface area contributed by atoms with E-state index in [-0.39, 0.29) is 11.8 Å². The van der Waals surface area contributed by atoms with Crippen LogP contribution >= 0.6 is 0 Å². The molecule has 1 fully saturated rings. The summed E-state index contributed by atoms with van der Waals surface area (Å²) in [5.74, 6) is 0.618. The number of para-hydroxylation sites is 1. The fourth-order valence-corrected chi connectivity index (χ4v) is 4.01. The van der Waals surface area contributed by atoms with Gasteiger partial charge in [0.15, 0.2) is 0 Å². The van der Waals surface area contributed by atoms with Crippen LogP contribution in [0, 0.1) is 19.8 Å². The maximum atomic E-state index is 13.0. The van der Waals surface area contributed by atoms with E-state index in [0.29, 0.717) is 5.92 Å². The molecule has 0 saturated carbocycles. The van der Waals surface area contributed by atoms with Crippen LogP contribution in [0.5, 0.6) is 0 Å². The highest BCUT2D eigenvalue weighted by Gasteiger charge is 2.27. The van der Waals surface area contributed by atoms with Crippen molar-refractivity contribution in [3.8, 4) is 0 Å². The third-order valence-corrected chi connectivity index (χ3v) is 5.71. The van der Waals surface area contributed by atoms with Crippen molar-refractivity contribution >= 4 is 11.6 Å². The molecule has 1 aliphatic rings. The van der Waals surface area contributed by atoms with E-state index >= 15 is 0 Å². The topological polar surface area (TPSA) is 32.3 Å². The Hall–Kier alpha value is -2.13. The summed E-state index contributed by atoms with van der Waals surface area (Å²) in [5.41, 5.74) is 6.05. The number of carbonyl (C=O) groups excluding carboxylic acids is 1. The first-order chi connectivity index (χ1) is 13.0. The van der Waals surface area contributed by atoms with Gasteiger partial charge in [0.05, 0.1) is 5.92 Å². The first-order valence-corrected chi connectivity index (χ1v) is 10.1. The minimum Gasteiger partial charge on any atom is -0.325 e. The Kier molecular flexibility index (Phi) is 6.33. The molecule has 3 rings (SSSR count). The van der Waals surface area contributed by atoms with Gasteiger partial charge in [-0.1, -0.05) is 56.3 Å². The molecule has 1 saturated heterocycles. The van der Waals surface area contributed by atoms with Crippen LogP contribution < -0.4 is 5.32 Å². The molecule has 1 amide bonds. The largest absolute Gasteiger partial charge is 0.325 e. The molecule has 2 aromatic rings. The third-order valence-electron chi connectivity index (χ3n) is 5.71. The summed E-state index contributed by atoms with van der Waals surface area (Å²) >= 11 is 0. The zero-order valence-electron chi connectivity index (χ0n) is 17.1. The van der Waals surface area contributed by atoms with Gasteiger partial charge in [-0.3, -0.25) is 9.69 Å². The molecule has 144 valence electrons. The Bertz CT molecular complexity index is 797. The lowest BCUT2D eigenvalue weighted by molar-refractivity contribution is -0.121. The van der Waals surface area contributed by atoms with Gasteiger partial charge in [-0.2, -0.15) is 0 Å². The molecule has 1 N–H and O–H groups in total. The van der Waals surface area contributed by atoms with Crippen molar-refractivity contribution in [1.82, 2.24) is 4.90 Å². The van der Waals surface area contributed by atoms with Crippen molar-refractivity contribution in [3.63, 3.8) is 0 Å². The molecular weight excluding hydrogens is 332 g/mol. The predicted octanol–water partition coefficient (Wildman–Crippen LogP) is 5.28. The molecule has 0 radical (unpaired) electrons. The van der Waals surface area contributed by atoms with E-state index in [2.05, 4.69) is 80.4 Å². The molecule has 1 heterocycles. The molecule has 1 atom stereocenters. The molecule has 2 aromatic carbocycles. The Morgan fingerprint density at radius 1 is 1.11 bits per heavy atom. The van der Waals surface area contributed by atoms with Gasteiger partial charge in [0, 0.05) is 18.8 Å². The number of anilines is 1. The Morgan fingerprint density at radius 3 is 2.59 bits per heavy atom. The maximum absolute atomic E-state index is 13.0. The standard InChI is InChI=1S/C24H32N2O/c1-17(2)22-13-7-10-19(4)23(22)25-24(27)21-12-8-14-26(16-21)15-20-11-6-5-9-18(20)3/h5-7,9-11,13,17,21H,8,12,14-16H2,1-4H3,(H,25,27). The van der Waals surface area contributed by atoms with Gasteiger partial charge in [-0.05, 0) is 61.4 Å². The predicted molar refractivity (Wildman–Crippen MR) is 113 cm³/mol.